The van der Waals surface area contributed by atoms with Crippen LogP contribution in [0.3, 0.4) is 0 Å². The van der Waals surface area contributed by atoms with Crippen LogP contribution in [0.25, 0.3) is 11.2 Å². The number of hydrogen-bond donors (Lipinski definition) is 0. The number of carbonyl (C=O) groups excluding carboxylic acids is 1. The van der Waals surface area contributed by atoms with Gasteiger partial charge in [0.05, 0.1) is 6.33 Å². The van der Waals surface area contributed by atoms with Gasteiger partial charge in [0, 0.05) is 39.8 Å². The van der Waals surface area contributed by atoms with Gasteiger partial charge in [0.25, 0.3) is 5.56 Å². The van der Waals surface area contributed by atoms with Gasteiger partial charge in [-0.1, -0.05) is 60.7 Å². The van der Waals surface area contributed by atoms with Crippen molar-refractivity contribution in [3.8, 4) is 0 Å². The molecule has 0 fully saturated rings. The lowest BCUT2D eigenvalue weighted by Crippen LogP contribution is -2.38. The Balaban J connectivity index is 1.37. The summed E-state index contributed by atoms with van der Waals surface area (Å²) >= 11 is 0. The predicted molar refractivity (Wildman–Crippen MR) is 147 cm³/mol. The molecule has 2 aromatic carbocycles. The van der Waals surface area contributed by atoms with Crippen LogP contribution in [0.5, 0.6) is 0 Å². The fourth-order valence-corrected chi connectivity index (χ4v) is 4.74. The van der Waals surface area contributed by atoms with E-state index in [0.29, 0.717) is 24.3 Å². The molecule has 200 valence electrons. The molecule has 38 heavy (non-hydrogen) atoms. The summed E-state index contributed by atoms with van der Waals surface area (Å²) in [6, 6.07) is 19.6. The molecule has 0 aliphatic carbocycles. The Kier molecular flexibility index (Phi) is 8.58. The first-order valence-corrected chi connectivity index (χ1v) is 12.9. The fraction of sp³-hybridized carbons (Fsp3) is 0.379. The standard InChI is InChI=1S/C29H35N5O4/c1-21(2)33(16-11-17-34-20-30-26-25(34)27(35)32(4)29(37)31(26)3)18-19-38-28(36)24(22-12-7-5-8-13-22)23-14-9-6-10-15-23/h5-10,12-15,20-21,24H,11,16-19H2,1-4H3. The zero-order chi connectivity index (χ0) is 27.2. The molecule has 0 N–H and O–H groups in total. The topological polar surface area (TPSA) is 91.4 Å². The third-order valence-electron chi connectivity index (χ3n) is 6.92. The van der Waals surface area contributed by atoms with Gasteiger partial charge in [0.15, 0.2) is 11.2 Å². The molecule has 0 unspecified atom stereocenters. The minimum Gasteiger partial charge on any atom is -0.464 e. The van der Waals surface area contributed by atoms with Crippen molar-refractivity contribution < 1.29 is 9.53 Å². The maximum atomic E-state index is 13.2. The minimum absolute atomic E-state index is 0.251. The number of imidazole rings is 1. The van der Waals surface area contributed by atoms with E-state index in [1.54, 1.807) is 17.9 Å². The summed E-state index contributed by atoms with van der Waals surface area (Å²) in [6.45, 7) is 6.43. The van der Waals surface area contributed by atoms with Gasteiger partial charge in [-0.25, -0.2) is 9.78 Å². The highest BCUT2D eigenvalue weighted by atomic mass is 16.5. The van der Waals surface area contributed by atoms with Crippen LogP contribution >= 0.6 is 0 Å². The summed E-state index contributed by atoms with van der Waals surface area (Å²) in [4.78, 5) is 44.6. The van der Waals surface area contributed by atoms with E-state index in [9.17, 15) is 14.4 Å². The van der Waals surface area contributed by atoms with Crippen LogP contribution in [0.4, 0.5) is 0 Å². The van der Waals surface area contributed by atoms with Crippen molar-refractivity contribution >= 4 is 17.1 Å². The van der Waals surface area contributed by atoms with E-state index in [0.717, 1.165) is 28.7 Å². The second kappa shape index (κ2) is 12.0. The van der Waals surface area contributed by atoms with Gasteiger partial charge in [-0.3, -0.25) is 23.6 Å². The average molecular weight is 518 g/mol. The lowest BCUT2D eigenvalue weighted by atomic mass is 9.91. The molecule has 9 heteroatoms. The number of rotatable bonds is 11. The van der Waals surface area contributed by atoms with Crippen LogP contribution < -0.4 is 11.2 Å². The molecule has 2 aromatic heterocycles. The molecule has 0 aliphatic rings. The van der Waals surface area contributed by atoms with Gasteiger partial charge in [0.1, 0.15) is 12.5 Å². The van der Waals surface area contributed by atoms with E-state index < -0.39 is 11.6 Å². The van der Waals surface area contributed by atoms with Crippen LogP contribution in [0.1, 0.15) is 37.3 Å². The molecule has 0 aliphatic heterocycles. The Morgan fingerprint density at radius 3 is 2.11 bits per heavy atom. The van der Waals surface area contributed by atoms with E-state index >= 15 is 0 Å². The first-order valence-electron chi connectivity index (χ1n) is 12.9. The monoisotopic (exact) mass is 517 g/mol. The number of hydrogen-bond acceptors (Lipinski definition) is 6. The van der Waals surface area contributed by atoms with Crippen LogP contribution in [-0.4, -0.2) is 55.3 Å². The molecule has 0 spiro atoms. The van der Waals surface area contributed by atoms with Gasteiger partial charge in [0.2, 0.25) is 0 Å². The smallest absolute Gasteiger partial charge is 0.332 e. The Bertz CT molecular complexity index is 1450. The van der Waals surface area contributed by atoms with Crippen LogP contribution in [0.2, 0.25) is 0 Å². The Hall–Kier alpha value is -3.98. The Morgan fingerprint density at radius 2 is 1.53 bits per heavy atom. The van der Waals surface area contributed by atoms with Crippen molar-refractivity contribution in [1.29, 1.82) is 0 Å². The highest BCUT2D eigenvalue weighted by Gasteiger charge is 2.24. The Labute approximate surface area is 221 Å². The molecule has 0 bridgehead atoms. The van der Waals surface area contributed by atoms with E-state index in [1.165, 1.54) is 11.6 Å². The van der Waals surface area contributed by atoms with E-state index in [-0.39, 0.29) is 24.2 Å². The largest absolute Gasteiger partial charge is 0.464 e. The number of benzene rings is 2. The zero-order valence-corrected chi connectivity index (χ0v) is 22.4. The van der Waals surface area contributed by atoms with Crippen molar-refractivity contribution in [2.75, 3.05) is 19.7 Å². The molecular formula is C29H35N5O4. The maximum absolute atomic E-state index is 13.2. The maximum Gasteiger partial charge on any atom is 0.332 e. The molecule has 2 heterocycles. The molecule has 4 aromatic rings. The summed E-state index contributed by atoms with van der Waals surface area (Å²) in [7, 11) is 3.09. The van der Waals surface area contributed by atoms with E-state index in [4.69, 9.17) is 4.74 Å². The predicted octanol–water partition coefficient (Wildman–Crippen LogP) is 2.91. The molecule has 0 atom stereocenters. The minimum atomic E-state index is -0.474. The summed E-state index contributed by atoms with van der Waals surface area (Å²) in [6.07, 6.45) is 2.38. The molecular weight excluding hydrogens is 482 g/mol. The number of aryl methyl sites for hydroxylation is 2. The van der Waals surface area contributed by atoms with Crippen LogP contribution in [-0.2, 0) is 30.2 Å². The Morgan fingerprint density at radius 1 is 0.921 bits per heavy atom. The molecule has 0 saturated heterocycles. The fourth-order valence-electron chi connectivity index (χ4n) is 4.74. The number of fused-ring (bicyclic) bond motifs is 1. The van der Waals surface area contributed by atoms with E-state index in [2.05, 4.69) is 23.7 Å². The van der Waals surface area contributed by atoms with Gasteiger partial charge in [-0.15, -0.1) is 0 Å². The number of esters is 1. The quantitative estimate of drug-likeness (QED) is 0.284. The SMILES string of the molecule is CC(C)N(CCCn1cnc2c1c(=O)n(C)c(=O)n2C)CCOC(=O)C(c1ccccc1)c1ccccc1. The molecule has 9 nitrogen and oxygen atoms in total. The molecule has 0 amide bonds. The second-order valence-electron chi connectivity index (χ2n) is 9.72. The second-order valence-corrected chi connectivity index (χ2v) is 9.72. The van der Waals surface area contributed by atoms with Crippen LogP contribution in [0.15, 0.2) is 76.6 Å². The zero-order valence-electron chi connectivity index (χ0n) is 22.4. The van der Waals surface area contributed by atoms with Crippen molar-refractivity contribution in [3.05, 3.63) is 99.0 Å². The highest BCUT2D eigenvalue weighted by Crippen LogP contribution is 2.26. The lowest BCUT2D eigenvalue weighted by molar-refractivity contribution is -0.145. The lowest BCUT2D eigenvalue weighted by Gasteiger charge is -2.26. The molecule has 4 rings (SSSR count). The number of aromatic nitrogens is 4. The van der Waals surface area contributed by atoms with Crippen LogP contribution in [0, 0.1) is 0 Å². The third-order valence-corrected chi connectivity index (χ3v) is 6.92. The van der Waals surface area contributed by atoms with Gasteiger partial charge in [-0.05, 0) is 31.4 Å². The first kappa shape index (κ1) is 27.1. The van der Waals surface area contributed by atoms with Crippen molar-refractivity contribution in [1.82, 2.24) is 23.6 Å². The first-order chi connectivity index (χ1) is 18.3. The van der Waals surface area contributed by atoms with Gasteiger partial charge in [-0.2, -0.15) is 0 Å². The molecule has 0 saturated carbocycles. The van der Waals surface area contributed by atoms with E-state index in [1.807, 2.05) is 60.7 Å². The molecule has 0 radical (unpaired) electrons. The highest BCUT2D eigenvalue weighted by molar-refractivity contribution is 5.82. The number of nitrogens with zero attached hydrogens (tertiary/aromatic N) is 5. The van der Waals surface area contributed by atoms with Crippen molar-refractivity contribution in [3.63, 3.8) is 0 Å². The third kappa shape index (κ3) is 5.78. The van der Waals surface area contributed by atoms with Gasteiger partial charge >= 0.3 is 11.7 Å². The summed E-state index contributed by atoms with van der Waals surface area (Å²) in [5, 5.41) is 0. The van der Waals surface area contributed by atoms with Crippen molar-refractivity contribution in [2.45, 2.75) is 38.8 Å². The number of ether oxygens (including phenoxy) is 1. The number of carbonyl (C=O) groups is 1. The van der Waals surface area contributed by atoms with Gasteiger partial charge < -0.3 is 9.30 Å². The summed E-state index contributed by atoms with van der Waals surface area (Å²) < 4.78 is 10.1. The van der Waals surface area contributed by atoms with Crippen molar-refractivity contribution in [2.24, 2.45) is 14.1 Å². The normalized spacial score (nSPS) is 11.7. The summed E-state index contributed by atoms with van der Waals surface area (Å²) in [5.41, 5.74) is 1.88. The average Bonchev–Trinajstić information content (AvgIpc) is 3.35. The summed E-state index contributed by atoms with van der Waals surface area (Å²) in [5.74, 6) is -0.740.